The summed E-state index contributed by atoms with van der Waals surface area (Å²) in [6, 6.07) is 11.4. The molecule has 2 aromatic carbocycles. The standard InChI is InChI=1S/C15H15BrClNO2/c1-19-14-7-13(17)6-11(8-18)15(14)20-9-10-2-4-12(16)5-3-10/h2-7H,8-9,18H2,1H3. The van der Waals surface area contributed by atoms with Crippen molar-refractivity contribution in [2.75, 3.05) is 7.11 Å². The van der Waals surface area contributed by atoms with Crippen molar-refractivity contribution in [1.29, 1.82) is 0 Å². The second-order valence-electron chi connectivity index (χ2n) is 4.22. The van der Waals surface area contributed by atoms with Gasteiger partial charge >= 0.3 is 0 Å². The van der Waals surface area contributed by atoms with Gasteiger partial charge in [-0.2, -0.15) is 0 Å². The fourth-order valence-electron chi connectivity index (χ4n) is 1.83. The van der Waals surface area contributed by atoms with E-state index in [0.717, 1.165) is 15.6 Å². The Morgan fingerprint density at radius 2 is 1.90 bits per heavy atom. The van der Waals surface area contributed by atoms with Crippen molar-refractivity contribution >= 4 is 27.5 Å². The van der Waals surface area contributed by atoms with E-state index in [2.05, 4.69) is 15.9 Å². The summed E-state index contributed by atoms with van der Waals surface area (Å²) in [5, 5.41) is 0.582. The Morgan fingerprint density at radius 1 is 1.20 bits per heavy atom. The molecule has 20 heavy (non-hydrogen) atoms. The quantitative estimate of drug-likeness (QED) is 0.875. The first kappa shape index (κ1) is 15.2. The summed E-state index contributed by atoms with van der Waals surface area (Å²) in [6.45, 7) is 0.783. The summed E-state index contributed by atoms with van der Waals surface area (Å²) in [7, 11) is 1.58. The van der Waals surface area contributed by atoms with Gasteiger partial charge in [-0.25, -0.2) is 0 Å². The SMILES string of the molecule is COc1cc(Cl)cc(CN)c1OCc1ccc(Br)cc1. The van der Waals surface area contributed by atoms with Crippen LogP contribution in [0, 0.1) is 0 Å². The predicted octanol–water partition coefficient (Wildman–Crippen LogP) is 4.15. The minimum absolute atomic E-state index is 0.340. The molecule has 2 rings (SSSR count). The van der Waals surface area contributed by atoms with Crippen LogP contribution in [0.15, 0.2) is 40.9 Å². The third-order valence-electron chi connectivity index (χ3n) is 2.83. The maximum Gasteiger partial charge on any atom is 0.166 e. The first-order chi connectivity index (χ1) is 9.63. The van der Waals surface area contributed by atoms with Crippen LogP contribution in [0.1, 0.15) is 11.1 Å². The Kier molecular flexibility index (Phi) is 5.29. The molecular formula is C15H15BrClNO2. The van der Waals surface area contributed by atoms with E-state index in [9.17, 15) is 0 Å². The van der Waals surface area contributed by atoms with Crippen molar-refractivity contribution in [3.63, 3.8) is 0 Å². The summed E-state index contributed by atoms with van der Waals surface area (Å²) < 4.78 is 12.2. The van der Waals surface area contributed by atoms with Gasteiger partial charge in [-0.05, 0) is 23.8 Å². The van der Waals surface area contributed by atoms with E-state index in [1.54, 1.807) is 19.2 Å². The van der Waals surface area contributed by atoms with E-state index in [1.807, 2.05) is 24.3 Å². The summed E-state index contributed by atoms with van der Waals surface area (Å²) in [5.41, 5.74) is 7.62. The normalized spacial score (nSPS) is 10.4. The summed E-state index contributed by atoms with van der Waals surface area (Å²) in [6.07, 6.45) is 0. The Morgan fingerprint density at radius 3 is 2.50 bits per heavy atom. The van der Waals surface area contributed by atoms with Crippen LogP contribution in [-0.4, -0.2) is 7.11 Å². The maximum atomic E-state index is 6.02. The van der Waals surface area contributed by atoms with Crippen LogP contribution in [0.5, 0.6) is 11.5 Å². The number of nitrogens with two attached hydrogens (primary N) is 1. The van der Waals surface area contributed by atoms with Crippen LogP contribution >= 0.6 is 27.5 Å². The highest BCUT2D eigenvalue weighted by Gasteiger charge is 2.12. The molecule has 0 fully saturated rings. The van der Waals surface area contributed by atoms with E-state index in [0.29, 0.717) is 29.7 Å². The molecule has 0 radical (unpaired) electrons. The molecule has 0 aliphatic carbocycles. The Balaban J connectivity index is 2.21. The van der Waals surface area contributed by atoms with Gasteiger partial charge in [0.2, 0.25) is 0 Å². The minimum Gasteiger partial charge on any atom is -0.493 e. The fourth-order valence-corrected chi connectivity index (χ4v) is 2.32. The number of benzene rings is 2. The van der Waals surface area contributed by atoms with Crippen molar-refractivity contribution in [2.45, 2.75) is 13.2 Å². The molecule has 0 unspecified atom stereocenters. The minimum atomic E-state index is 0.340. The molecule has 0 saturated heterocycles. The molecule has 0 saturated carbocycles. The Bertz CT molecular complexity index is 562. The van der Waals surface area contributed by atoms with E-state index in [4.69, 9.17) is 26.8 Å². The molecule has 2 aromatic rings. The molecule has 5 heteroatoms. The van der Waals surface area contributed by atoms with Crippen LogP contribution in [0.3, 0.4) is 0 Å². The van der Waals surface area contributed by atoms with Crippen molar-refractivity contribution < 1.29 is 9.47 Å². The largest absolute Gasteiger partial charge is 0.493 e. The number of methoxy groups -OCH3 is 1. The lowest BCUT2D eigenvalue weighted by molar-refractivity contribution is 0.281. The monoisotopic (exact) mass is 355 g/mol. The average Bonchev–Trinajstić information content (AvgIpc) is 2.46. The molecule has 0 heterocycles. The molecule has 0 atom stereocenters. The highest BCUT2D eigenvalue weighted by Crippen LogP contribution is 2.35. The van der Waals surface area contributed by atoms with E-state index >= 15 is 0 Å². The molecule has 0 bridgehead atoms. The second-order valence-corrected chi connectivity index (χ2v) is 5.57. The van der Waals surface area contributed by atoms with Crippen molar-refractivity contribution in [3.8, 4) is 11.5 Å². The van der Waals surface area contributed by atoms with Gasteiger partial charge < -0.3 is 15.2 Å². The summed E-state index contributed by atoms with van der Waals surface area (Å²) >= 11 is 9.42. The zero-order valence-corrected chi connectivity index (χ0v) is 13.4. The number of halogens is 2. The third-order valence-corrected chi connectivity index (χ3v) is 3.58. The highest BCUT2D eigenvalue weighted by molar-refractivity contribution is 9.10. The smallest absolute Gasteiger partial charge is 0.166 e. The van der Waals surface area contributed by atoms with Gasteiger partial charge in [-0.15, -0.1) is 0 Å². The lowest BCUT2D eigenvalue weighted by Crippen LogP contribution is -2.04. The molecule has 2 N–H and O–H groups in total. The number of ether oxygens (including phenoxy) is 2. The Labute approximate surface area is 131 Å². The van der Waals surface area contributed by atoms with Crippen LogP contribution < -0.4 is 15.2 Å². The molecular weight excluding hydrogens is 342 g/mol. The van der Waals surface area contributed by atoms with Gasteiger partial charge in [0, 0.05) is 27.7 Å². The van der Waals surface area contributed by atoms with Crippen LogP contribution in [0.2, 0.25) is 5.02 Å². The van der Waals surface area contributed by atoms with Crippen LogP contribution in [0.4, 0.5) is 0 Å². The average molecular weight is 357 g/mol. The fraction of sp³-hybridized carbons (Fsp3) is 0.200. The molecule has 0 aliphatic heterocycles. The number of hydrogen-bond donors (Lipinski definition) is 1. The first-order valence-electron chi connectivity index (χ1n) is 6.07. The van der Waals surface area contributed by atoms with Crippen molar-refractivity contribution in [2.24, 2.45) is 5.73 Å². The highest BCUT2D eigenvalue weighted by atomic mass is 79.9. The molecule has 0 aromatic heterocycles. The zero-order valence-electron chi connectivity index (χ0n) is 11.0. The lowest BCUT2D eigenvalue weighted by atomic mass is 10.2. The first-order valence-corrected chi connectivity index (χ1v) is 7.25. The molecule has 0 spiro atoms. The molecule has 106 valence electrons. The second kappa shape index (κ2) is 6.97. The zero-order chi connectivity index (χ0) is 14.5. The van der Waals surface area contributed by atoms with Crippen LogP contribution in [0.25, 0.3) is 0 Å². The number of hydrogen-bond acceptors (Lipinski definition) is 3. The van der Waals surface area contributed by atoms with Gasteiger partial charge in [-0.1, -0.05) is 39.7 Å². The maximum absolute atomic E-state index is 6.02. The lowest BCUT2D eigenvalue weighted by Gasteiger charge is -2.15. The Hall–Kier alpha value is -1.23. The third kappa shape index (κ3) is 3.66. The predicted molar refractivity (Wildman–Crippen MR) is 84.4 cm³/mol. The van der Waals surface area contributed by atoms with Crippen molar-refractivity contribution in [1.82, 2.24) is 0 Å². The molecule has 0 aliphatic rings. The van der Waals surface area contributed by atoms with Crippen LogP contribution in [-0.2, 0) is 13.2 Å². The van der Waals surface area contributed by atoms with Gasteiger partial charge in [0.15, 0.2) is 11.5 Å². The van der Waals surface area contributed by atoms with Gasteiger partial charge in [0.05, 0.1) is 7.11 Å². The van der Waals surface area contributed by atoms with Gasteiger partial charge in [0.1, 0.15) is 6.61 Å². The summed E-state index contributed by atoms with van der Waals surface area (Å²) in [5.74, 6) is 1.23. The van der Waals surface area contributed by atoms with Gasteiger partial charge in [0.25, 0.3) is 0 Å². The molecule has 0 amide bonds. The van der Waals surface area contributed by atoms with Crippen molar-refractivity contribution in [3.05, 3.63) is 57.0 Å². The number of rotatable bonds is 5. The molecule has 3 nitrogen and oxygen atoms in total. The van der Waals surface area contributed by atoms with E-state index in [-0.39, 0.29) is 0 Å². The summed E-state index contributed by atoms with van der Waals surface area (Å²) in [4.78, 5) is 0. The van der Waals surface area contributed by atoms with Gasteiger partial charge in [-0.3, -0.25) is 0 Å². The van der Waals surface area contributed by atoms with E-state index in [1.165, 1.54) is 0 Å². The topological polar surface area (TPSA) is 44.5 Å². The van der Waals surface area contributed by atoms with E-state index < -0.39 is 0 Å².